The van der Waals surface area contributed by atoms with E-state index in [-0.39, 0.29) is 11.9 Å². The van der Waals surface area contributed by atoms with Crippen LogP contribution in [0.1, 0.15) is 30.4 Å². The number of hydrogen-bond donors (Lipinski definition) is 2. The van der Waals surface area contributed by atoms with Crippen LogP contribution in [0.5, 0.6) is 0 Å². The van der Waals surface area contributed by atoms with Crippen molar-refractivity contribution in [3.63, 3.8) is 0 Å². The number of rotatable bonds is 4. The average molecular weight is 289 g/mol. The first kappa shape index (κ1) is 15.4. The summed E-state index contributed by atoms with van der Waals surface area (Å²) < 4.78 is 0. The number of likely N-dealkylation sites (tertiary alicyclic amines) is 1. The van der Waals surface area contributed by atoms with Crippen LogP contribution in [0.4, 0.5) is 4.79 Å². The van der Waals surface area contributed by atoms with Gasteiger partial charge in [-0.25, -0.2) is 4.79 Å². The molecule has 0 radical (unpaired) electrons. The lowest BCUT2D eigenvalue weighted by Crippen LogP contribution is -2.50. The predicted octanol–water partition coefficient (Wildman–Crippen LogP) is 1.59. The third-order valence-electron chi connectivity index (χ3n) is 3.94. The Bertz CT molecular complexity index is 499. The Kier molecular flexibility index (Phi) is 5.20. The number of aryl methyl sites for hydroxylation is 1. The lowest BCUT2D eigenvalue weighted by molar-refractivity contribution is -0.134. The highest BCUT2D eigenvalue weighted by atomic mass is 16.2. The molecule has 0 aromatic heterocycles. The molecule has 3 amide bonds. The van der Waals surface area contributed by atoms with Gasteiger partial charge in [-0.15, -0.1) is 0 Å². The second-order valence-corrected chi connectivity index (χ2v) is 5.64. The molecule has 0 bridgehead atoms. The van der Waals surface area contributed by atoms with Crippen molar-refractivity contribution < 1.29 is 9.59 Å². The zero-order chi connectivity index (χ0) is 15.2. The van der Waals surface area contributed by atoms with Crippen molar-refractivity contribution in [3.8, 4) is 0 Å². The van der Waals surface area contributed by atoms with E-state index in [1.165, 1.54) is 5.56 Å². The quantitative estimate of drug-likeness (QED) is 0.883. The molecular formula is C16H23N3O2. The Labute approximate surface area is 125 Å². The molecule has 1 aliphatic rings. The maximum atomic E-state index is 12.5. The summed E-state index contributed by atoms with van der Waals surface area (Å²) in [6, 6.07) is 7.55. The van der Waals surface area contributed by atoms with Gasteiger partial charge >= 0.3 is 6.03 Å². The Morgan fingerprint density at radius 3 is 2.67 bits per heavy atom. The minimum Gasteiger partial charge on any atom is -0.352 e. The summed E-state index contributed by atoms with van der Waals surface area (Å²) in [6.45, 7) is 3.23. The molecular weight excluding hydrogens is 266 g/mol. The van der Waals surface area contributed by atoms with Gasteiger partial charge in [-0.1, -0.05) is 29.8 Å². The minimum absolute atomic E-state index is 0.0594. The largest absolute Gasteiger partial charge is 0.352 e. The third-order valence-corrected chi connectivity index (χ3v) is 3.94. The van der Waals surface area contributed by atoms with Crippen LogP contribution in [-0.4, -0.2) is 36.0 Å². The summed E-state index contributed by atoms with van der Waals surface area (Å²) >= 11 is 0. The van der Waals surface area contributed by atoms with Crippen LogP contribution in [0.3, 0.4) is 0 Å². The molecule has 3 N–H and O–H groups in total. The first-order chi connectivity index (χ1) is 10.1. The number of nitrogens with one attached hydrogen (secondary N) is 1. The number of carbonyl (C=O) groups excluding carboxylic acids is 2. The van der Waals surface area contributed by atoms with Crippen LogP contribution in [-0.2, 0) is 11.2 Å². The van der Waals surface area contributed by atoms with Crippen LogP contribution in [0.15, 0.2) is 24.3 Å². The van der Waals surface area contributed by atoms with Gasteiger partial charge in [-0.05, 0) is 31.7 Å². The Morgan fingerprint density at radius 2 is 2.00 bits per heavy atom. The van der Waals surface area contributed by atoms with Crippen LogP contribution in [0, 0.1) is 6.92 Å². The van der Waals surface area contributed by atoms with Gasteiger partial charge in [0.25, 0.3) is 0 Å². The van der Waals surface area contributed by atoms with Crippen molar-refractivity contribution >= 4 is 11.9 Å². The normalized spacial score (nSPS) is 18.3. The summed E-state index contributed by atoms with van der Waals surface area (Å²) in [5.41, 5.74) is 7.33. The highest BCUT2D eigenvalue weighted by Gasteiger charge is 2.26. The zero-order valence-corrected chi connectivity index (χ0v) is 12.5. The van der Waals surface area contributed by atoms with Crippen molar-refractivity contribution in [2.75, 3.05) is 13.1 Å². The number of hydrogen-bond acceptors (Lipinski definition) is 2. The van der Waals surface area contributed by atoms with Gasteiger partial charge in [-0.3, -0.25) is 4.79 Å². The standard InChI is InChI=1S/C16H23N3O2/c1-12-5-7-13(8-6-12)10-15(20)19-9-3-2-4-14(19)11-18-16(17)21/h5-8,14H,2-4,9-11H2,1H3,(H3,17,18,21)/t14-/m0/s1. The third kappa shape index (κ3) is 4.48. The molecule has 21 heavy (non-hydrogen) atoms. The fraction of sp³-hybridized carbons (Fsp3) is 0.500. The highest BCUT2D eigenvalue weighted by Crippen LogP contribution is 2.18. The van der Waals surface area contributed by atoms with Crippen molar-refractivity contribution in [3.05, 3.63) is 35.4 Å². The van der Waals surface area contributed by atoms with Crippen LogP contribution < -0.4 is 11.1 Å². The molecule has 1 heterocycles. The van der Waals surface area contributed by atoms with E-state index in [4.69, 9.17) is 5.73 Å². The maximum Gasteiger partial charge on any atom is 0.312 e. The zero-order valence-electron chi connectivity index (χ0n) is 12.5. The molecule has 0 aliphatic carbocycles. The number of benzene rings is 1. The Hall–Kier alpha value is -2.04. The van der Waals surface area contributed by atoms with E-state index in [0.29, 0.717) is 13.0 Å². The average Bonchev–Trinajstić information content (AvgIpc) is 2.47. The topological polar surface area (TPSA) is 75.4 Å². The van der Waals surface area contributed by atoms with E-state index in [1.807, 2.05) is 36.1 Å². The molecule has 1 aliphatic heterocycles. The van der Waals surface area contributed by atoms with E-state index < -0.39 is 6.03 Å². The van der Waals surface area contributed by atoms with Gasteiger partial charge in [0.05, 0.1) is 6.42 Å². The van der Waals surface area contributed by atoms with E-state index in [1.54, 1.807) is 0 Å². The van der Waals surface area contributed by atoms with Crippen molar-refractivity contribution in [1.29, 1.82) is 0 Å². The number of nitrogens with two attached hydrogens (primary N) is 1. The number of primary amides is 1. The molecule has 1 saturated heterocycles. The van der Waals surface area contributed by atoms with E-state index in [9.17, 15) is 9.59 Å². The van der Waals surface area contributed by atoms with E-state index >= 15 is 0 Å². The van der Waals surface area contributed by atoms with Gasteiger partial charge in [0.15, 0.2) is 0 Å². The first-order valence-electron chi connectivity index (χ1n) is 7.44. The fourth-order valence-corrected chi connectivity index (χ4v) is 2.74. The number of amides is 3. The summed E-state index contributed by atoms with van der Waals surface area (Å²) in [4.78, 5) is 25.2. The number of carbonyl (C=O) groups is 2. The summed E-state index contributed by atoms with van der Waals surface area (Å²) in [5.74, 6) is 0.120. The van der Waals surface area contributed by atoms with Crippen LogP contribution in [0.2, 0.25) is 0 Å². The monoisotopic (exact) mass is 289 g/mol. The van der Waals surface area contributed by atoms with Gasteiger partial charge < -0.3 is 16.0 Å². The van der Waals surface area contributed by atoms with Crippen LogP contribution in [0.25, 0.3) is 0 Å². The molecule has 0 spiro atoms. The molecule has 5 heteroatoms. The first-order valence-corrected chi connectivity index (χ1v) is 7.44. The van der Waals surface area contributed by atoms with Crippen molar-refractivity contribution in [1.82, 2.24) is 10.2 Å². The molecule has 1 fully saturated rings. The molecule has 114 valence electrons. The lowest BCUT2D eigenvalue weighted by atomic mass is 10.0. The summed E-state index contributed by atoms with van der Waals surface area (Å²) in [7, 11) is 0. The second kappa shape index (κ2) is 7.11. The molecule has 1 aromatic rings. The van der Waals surface area contributed by atoms with Crippen LogP contribution >= 0.6 is 0 Å². The SMILES string of the molecule is Cc1ccc(CC(=O)N2CCCC[C@H]2CNC(N)=O)cc1. The van der Waals surface area contributed by atoms with E-state index in [0.717, 1.165) is 31.4 Å². The van der Waals surface area contributed by atoms with Gasteiger partial charge in [-0.2, -0.15) is 0 Å². The lowest BCUT2D eigenvalue weighted by Gasteiger charge is -2.36. The number of nitrogens with zero attached hydrogens (tertiary/aromatic N) is 1. The Morgan fingerprint density at radius 1 is 1.29 bits per heavy atom. The minimum atomic E-state index is -0.536. The van der Waals surface area contributed by atoms with Gasteiger partial charge in [0.1, 0.15) is 0 Å². The van der Waals surface area contributed by atoms with Crippen molar-refractivity contribution in [2.24, 2.45) is 5.73 Å². The molecule has 0 unspecified atom stereocenters. The molecule has 2 rings (SSSR count). The maximum absolute atomic E-state index is 12.5. The summed E-state index contributed by atoms with van der Waals surface area (Å²) in [6.07, 6.45) is 3.43. The Balaban J connectivity index is 1.97. The highest BCUT2D eigenvalue weighted by molar-refractivity contribution is 5.79. The molecule has 5 nitrogen and oxygen atoms in total. The molecule has 1 aromatic carbocycles. The summed E-state index contributed by atoms with van der Waals surface area (Å²) in [5, 5.41) is 2.62. The van der Waals surface area contributed by atoms with Gasteiger partial charge in [0.2, 0.25) is 5.91 Å². The molecule has 1 atom stereocenters. The van der Waals surface area contributed by atoms with Gasteiger partial charge in [0, 0.05) is 19.1 Å². The molecule has 0 saturated carbocycles. The predicted molar refractivity (Wildman–Crippen MR) is 81.8 cm³/mol. The number of urea groups is 1. The van der Waals surface area contributed by atoms with E-state index in [2.05, 4.69) is 5.32 Å². The number of piperidine rings is 1. The fourth-order valence-electron chi connectivity index (χ4n) is 2.74. The van der Waals surface area contributed by atoms with Crippen molar-refractivity contribution in [2.45, 2.75) is 38.6 Å². The smallest absolute Gasteiger partial charge is 0.312 e. The second-order valence-electron chi connectivity index (χ2n) is 5.64.